The summed E-state index contributed by atoms with van der Waals surface area (Å²) in [7, 11) is 0. The highest BCUT2D eigenvalue weighted by atomic mass is 16.5. The number of rotatable bonds is 6. The number of ether oxygens (including phenoxy) is 1. The minimum absolute atomic E-state index is 0.0673. The smallest absolute Gasteiger partial charge is 0.227 e. The third-order valence-corrected chi connectivity index (χ3v) is 5.38. The number of carbonyl (C=O) groups is 1. The van der Waals surface area contributed by atoms with Gasteiger partial charge in [0.25, 0.3) is 0 Å². The van der Waals surface area contributed by atoms with E-state index >= 15 is 0 Å². The third-order valence-electron chi connectivity index (χ3n) is 5.38. The van der Waals surface area contributed by atoms with E-state index < -0.39 is 0 Å². The van der Waals surface area contributed by atoms with Crippen molar-refractivity contribution in [2.75, 3.05) is 13.2 Å². The van der Waals surface area contributed by atoms with E-state index in [9.17, 15) is 4.79 Å². The van der Waals surface area contributed by atoms with Gasteiger partial charge in [-0.05, 0) is 38.0 Å². The summed E-state index contributed by atoms with van der Waals surface area (Å²) in [5.74, 6) is 2.58. The average Bonchev–Trinajstić information content (AvgIpc) is 3.06. The molecule has 2 atom stereocenters. The molecule has 0 radical (unpaired) electrons. The monoisotopic (exact) mass is 334 g/mol. The van der Waals surface area contributed by atoms with Gasteiger partial charge in [0.2, 0.25) is 5.91 Å². The van der Waals surface area contributed by atoms with Crippen molar-refractivity contribution in [3.05, 3.63) is 11.6 Å². The van der Waals surface area contributed by atoms with Gasteiger partial charge in [0.15, 0.2) is 5.82 Å². The molecule has 0 aromatic carbocycles. The van der Waals surface area contributed by atoms with E-state index in [1.807, 2.05) is 0 Å². The molecule has 6 heteroatoms. The summed E-state index contributed by atoms with van der Waals surface area (Å²) in [6.07, 6.45) is 9.50. The highest BCUT2D eigenvalue weighted by Gasteiger charge is 2.26. The van der Waals surface area contributed by atoms with E-state index in [2.05, 4.69) is 27.4 Å². The minimum Gasteiger partial charge on any atom is -0.381 e. The molecule has 0 bridgehead atoms. The molecule has 1 aliphatic heterocycles. The molecule has 0 spiro atoms. The predicted octanol–water partition coefficient (Wildman–Crippen LogP) is 2.72. The van der Waals surface area contributed by atoms with E-state index in [4.69, 9.17) is 4.74 Å². The lowest BCUT2D eigenvalue weighted by molar-refractivity contribution is -0.121. The van der Waals surface area contributed by atoms with Gasteiger partial charge in [0.05, 0.1) is 6.42 Å². The average molecular weight is 334 g/mol. The number of hydrogen-bond donors (Lipinski definition) is 2. The number of aromatic amines is 1. The summed E-state index contributed by atoms with van der Waals surface area (Å²) >= 11 is 0. The predicted molar refractivity (Wildman–Crippen MR) is 91.7 cm³/mol. The molecule has 1 aliphatic carbocycles. The van der Waals surface area contributed by atoms with Crippen LogP contribution in [0.2, 0.25) is 0 Å². The van der Waals surface area contributed by atoms with Crippen LogP contribution in [0, 0.1) is 5.92 Å². The number of nitrogens with zero attached hydrogens (tertiary/aromatic N) is 2. The van der Waals surface area contributed by atoms with E-state index in [1.54, 1.807) is 0 Å². The van der Waals surface area contributed by atoms with Crippen LogP contribution in [0.15, 0.2) is 0 Å². The second kappa shape index (κ2) is 8.60. The first-order valence-electron chi connectivity index (χ1n) is 9.54. The SMILES string of the molecule is CCCC1CCCCC1NC(=O)Cc1nc(C2CCOCC2)n[nH]1. The number of nitrogens with one attached hydrogen (secondary N) is 2. The van der Waals surface area contributed by atoms with Crippen molar-refractivity contribution < 1.29 is 9.53 Å². The lowest BCUT2D eigenvalue weighted by Crippen LogP contribution is -2.42. The van der Waals surface area contributed by atoms with Crippen LogP contribution >= 0.6 is 0 Å². The molecule has 2 heterocycles. The van der Waals surface area contributed by atoms with Crippen molar-refractivity contribution in [1.82, 2.24) is 20.5 Å². The second-order valence-corrected chi connectivity index (χ2v) is 7.21. The summed E-state index contributed by atoms with van der Waals surface area (Å²) in [5.41, 5.74) is 0. The Balaban J connectivity index is 1.51. The maximum absolute atomic E-state index is 12.4. The zero-order valence-corrected chi connectivity index (χ0v) is 14.7. The van der Waals surface area contributed by atoms with E-state index in [1.165, 1.54) is 32.1 Å². The molecule has 2 aliphatic rings. The van der Waals surface area contributed by atoms with Crippen molar-refractivity contribution in [3.8, 4) is 0 Å². The molecular formula is C18H30N4O2. The van der Waals surface area contributed by atoms with Crippen molar-refractivity contribution in [3.63, 3.8) is 0 Å². The van der Waals surface area contributed by atoms with Gasteiger partial charge < -0.3 is 10.1 Å². The molecule has 1 amide bonds. The first kappa shape index (κ1) is 17.4. The van der Waals surface area contributed by atoms with Crippen molar-refractivity contribution in [1.29, 1.82) is 0 Å². The fourth-order valence-electron chi connectivity index (χ4n) is 4.05. The molecule has 24 heavy (non-hydrogen) atoms. The number of hydrogen-bond acceptors (Lipinski definition) is 4. The van der Waals surface area contributed by atoms with Gasteiger partial charge >= 0.3 is 0 Å². The molecule has 2 N–H and O–H groups in total. The highest BCUT2D eigenvalue weighted by Crippen LogP contribution is 2.28. The fraction of sp³-hybridized carbons (Fsp3) is 0.833. The Morgan fingerprint density at radius 2 is 2.04 bits per heavy atom. The van der Waals surface area contributed by atoms with Gasteiger partial charge in [-0.3, -0.25) is 9.89 Å². The van der Waals surface area contributed by atoms with Gasteiger partial charge in [0.1, 0.15) is 5.82 Å². The number of H-pyrrole nitrogens is 1. The summed E-state index contributed by atoms with van der Waals surface area (Å²) in [5, 5.41) is 10.5. The zero-order chi connectivity index (χ0) is 16.8. The lowest BCUT2D eigenvalue weighted by Gasteiger charge is -2.32. The van der Waals surface area contributed by atoms with Crippen LogP contribution in [-0.2, 0) is 16.0 Å². The largest absolute Gasteiger partial charge is 0.381 e. The van der Waals surface area contributed by atoms with Crippen molar-refractivity contribution in [2.45, 2.75) is 76.7 Å². The van der Waals surface area contributed by atoms with E-state index in [0.29, 0.717) is 30.1 Å². The Morgan fingerprint density at radius 1 is 1.25 bits per heavy atom. The molecule has 1 aromatic rings. The van der Waals surface area contributed by atoms with Gasteiger partial charge in [0, 0.05) is 25.2 Å². The van der Waals surface area contributed by atoms with Gasteiger partial charge in [-0.1, -0.05) is 26.2 Å². The van der Waals surface area contributed by atoms with Gasteiger partial charge in [-0.25, -0.2) is 4.98 Å². The molecule has 1 saturated carbocycles. The first-order valence-corrected chi connectivity index (χ1v) is 9.54. The second-order valence-electron chi connectivity index (χ2n) is 7.21. The molecule has 3 rings (SSSR count). The van der Waals surface area contributed by atoms with Crippen LogP contribution in [0.3, 0.4) is 0 Å². The standard InChI is InChI=1S/C18H30N4O2/c1-2-5-13-6-3-4-7-15(13)19-17(23)12-16-20-18(22-21-16)14-8-10-24-11-9-14/h13-15H,2-12H2,1H3,(H,19,23)(H,20,21,22). The molecule has 134 valence electrons. The Morgan fingerprint density at radius 3 is 2.83 bits per heavy atom. The summed E-state index contributed by atoms with van der Waals surface area (Å²) in [6.45, 7) is 3.77. The summed E-state index contributed by atoms with van der Waals surface area (Å²) in [4.78, 5) is 16.9. The summed E-state index contributed by atoms with van der Waals surface area (Å²) in [6, 6.07) is 0.337. The first-order chi connectivity index (χ1) is 11.8. The van der Waals surface area contributed by atoms with Crippen LogP contribution < -0.4 is 5.32 Å². The van der Waals surface area contributed by atoms with Gasteiger partial charge in [-0.2, -0.15) is 5.10 Å². The molecule has 2 unspecified atom stereocenters. The van der Waals surface area contributed by atoms with Crippen molar-refractivity contribution >= 4 is 5.91 Å². The van der Waals surface area contributed by atoms with Gasteiger partial charge in [-0.15, -0.1) is 0 Å². The topological polar surface area (TPSA) is 79.9 Å². The van der Waals surface area contributed by atoms with E-state index in [-0.39, 0.29) is 5.91 Å². The maximum atomic E-state index is 12.4. The van der Waals surface area contributed by atoms with E-state index in [0.717, 1.165) is 38.3 Å². The Bertz CT molecular complexity index is 523. The van der Waals surface area contributed by atoms with Crippen LogP contribution in [-0.4, -0.2) is 40.3 Å². The molecular weight excluding hydrogens is 304 g/mol. The lowest BCUT2D eigenvalue weighted by atomic mass is 9.82. The Kier molecular flexibility index (Phi) is 6.24. The van der Waals surface area contributed by atoms with Crippen LogP contribution in [0.5, 0.6) is 0 Å². The molecule has 6 nitrogen and oxygen atoms in total. The normalized spacial score (nSPS) is 25.5. The van der Waals surface area contributed by atoms with Crippen molar-refractivity contribution in [2.24, 2.45) is 5.92 Å². The Labute approximate surface area is 144 Å². The fourth-order valence-corrected chi connectivity index (χ4v) is 4.05. The maximum Gasteiger partial charge on any atom is 0.227 e. The van der Waals surface area contributed by atoms with Crippen LogP contribution in [0.25, 0.3) is 0 Å². The quantitative estimate of drug-likeness (QED) is 0.838. The number of carbonyl (C=O) groups excluding carboxylic acids is 1. The van der Waals surface area contributed by atoms with Crippen LogP contribution in [0.1, 0.15) is 75.9 Å². The number of amides is 1. The molecule has 1 aromatic heterocycles. The molecule has 1 saturated heterocycles. The minimum atomic E-state index is 0.0673. The van der Waals surface area contributed by atoms with Crippen LogP contribution in [0.4, 0.5) is 0 Å². The molecule has 2 fully saturated rings. The highest BCUT2D eigenvalue weighted by molar-refractivity contribution is 5.78. The Hall–Kier alpha value is -1.43. The number of aromatic nitrogens is 3. The zero-order valence-electron chi connectivity index (χ0n) is 14.7. The summed E-state index contributed by atoms with van der Waals surface area (Å²) < 4.78 is 5.38. The third kappa shape index (κ3) is 4.56.